The summed E-state index contributed by atoms with van der Waals surface area (Å²) >= 11 is 0. The van der Waals surface area contributed by atoms with E-state index in [9.17, 15) is 4.79 Å². The SMILES string of the molecule is COC1C(C(C)C(C)C)CC2OC1(C)n1c3ccccc3c3c4c(c5c(c31)N2C1C=CC=CC51)C(=O)NC4. The molecule has 1 amide bonds. The lowest BCUT2D eigenvalue weighted by atomic mass is 9.74. The number of nitrogens with one attached hydrogen (secondary N) is 1. The van der Waals surface area contributed by atoms with Crippen molar-refractivity contribution in [1.29, 1.82) is 0 Å². The van der Waals surface area contributed by atoms with Crippen LogP contribution in [0.2, 0.25) is 0 Å². The molecule has 196 valence electrons. The summed E-state index contributed by atoms with van der Waals surface area (Å²) in [6.07, 6.45) is 9.53. The number of allylic oxidation sites excluding steroid dienone is 2. The Bertz CT molecular complexity index is 1600. The third-order valence-corrected chi connectivity index (χ3v) is 10.4. The van der Waals surface area contributed by atoms with Crippen molar-refractivity contribution in [2.45, 2.75) is 70.7 Å². The van der Waals surface area contributed by atoms with Crippen molar-refractivity contribution in [2.24, 2.45) is 17.8 Å². The van der Waals surface area contributed by atoms with Gasteiger partial charge in [0, 0.05) is 35.9 Å². The first-order chi connectivity index (χ1) is 18.4. The molecular weight excluding hydrogens is 474 g/mol. The van der Waals surface area contributed by atoms with E-state index in [2.05, 4.69) is 91.0 Å². The van der Waals surface area contributed by atoms with Gasteiger partial charge in [0.1, 0.15) is 12.3 Å². The molecule has 38 heavy (non-hydrogen) atoms. The van der Waals surface area contributed by atoms with Crippen molar-refractivity contribution in [2.75, 3.05) is 12.0 Å². The van der Waals surface area contributed by atoms with Crippen molar-refractivity contribution < 1.29 is 14.3 Å². The minimum absolute atomic E-state index is 0.0500. The van der Waals surface area contributed by atoms with Crippen LogP contribution in [-0.4, -0.2) is 36.0 Å². The molecule has 1 N–H and O–H groups in total. The maximum Gasteiger partial charge on any atom is 0.252 e. The van der Waals surface area contributed by atoms with Gasteiger partial charge >= 0.3 is 0 Å². The number of para-hydroxylation sites is 1. The number of anilines is 1. The van der Waals surface area contributed by atoms with Crippen LogP contribution in [-0.2, 0) is 21.7 Å². The molecule has 5 aliphatic rings. The number of amides is 1. The fourth-order valence-electron chi connectivity index (χ4n) is 8.53. The second-order valence-electron chi connectivity index (χ2n) is 12.4. The second kappa shape index (κ2) is 7.51. The van der Waals surface area contributed by atoms with E-state index in [4.69, 9.17) is 9.47 Å². The van der Waals surface area contributed by atoms with E-state index in [1.165, 1.54) is 27.5 Å². The van der Waals surface area contributed by atoms with Crippen LogP contribution in [0.1, 0.15) is 61.5 Å². The number of hydrogen-bond acceptors (Lipinski definition) is 4. The van der Waals surface area contributed by atoms with Gasteiger partial charge in [-0.2, -0.15) is 0 Å². The molecule has 6 heteroatoms. The summed E-state index contributed by atoms with van der Waals surface area (Å²) < 4.78 is 16.2. The van der Waals surface area contributed by atoms with Crippen LogP contribution >= 0.6 is 0 Å². The maximum absolute atomic E-state index is 13.5. The molecule has 8 rings (SSSR count). The monoisotopic (exact) mass is 509 g/mol. The lowest BCUT2D eigenvalue weighted by Gasteiger charge is -2.52. The topological polar surface area (TPSA) is 55.7 Å². The summed E-state index contributed by atoms with van der Waals surface area (Å²) in [5, 5.41) is 5.54. The largest absolute Gasteiger partial charge is 0.376 e. The number of rotatable bonds is 3. The molecule has 7 unspecified atom stereocenters. The molecule has 6 nitrogen and oxygen atoms in total. The molecule has 0 spiro atoms. The number of nitrogens with zero attached hydrogens (tertiary/aromatic N) is 2. The number of carbonyl (C=O) groups excluding carboxylic acids is 1. The van der Waals surface area contributed by atoms with Crippen molar-refractivity contribution in [3.8, 4) is 0 Å². The van der Waals surface area contributed by atoms with Gasteiger partial charge in [-0.15, -0.1) is 0 Å². The Labute approximate surface area is 223 Å². The minimum atomic E-state index is -0.709. The van der Waals surface area contributed by atoms with Crippen LogP contribution in [0.3, 0.4) is 0 Å². The van der Waals surface area contributed by atoms with E-state index in [1.54, 1.807) is 0 Å². The average Bonchev–Trinajstić information content (AvgIpc) is 3.55. The molecule has 2 bridgehead atoms. The highest BCUT2D eigenvalue weighted by atomic mass is 16.6. The predicted octanol–water partition coefficient (Wildman–Crippen LogP) is 5.79. The highest BCUT2D eigenvalue weighted by Crippen LogP contribution is 2.59. The summed E-state index contributed by atoms with van der Waals surface area (Å²) in [5.74, 6) is 1.47. The Hall–Kier alpha value is -3.09. The number of carbonyl (C=O) groups is 1. The summed E-state index contributed by atoms with van der Waals surface area (Å²) in [6.45, 7) is 9.80. The lowest BCUT2D eigenvalue weighted by Crippen LogP contribution is -2.60. The smallest absolute Gasteiger partial charge is 0.252 e. The van der Waals surface area contributed by atoms with Crippen molar-refractivity contribution in [1.82, 2.24) is 9.88 Å². The second-order valence-corrected chi connectivity index (χ2v) is 12.4. The van der Waals surface area contributed by atoms with Gasteiger partial charge < -0.3 is 24.3 Å². The van der Waals surface area contributed by atoms with Crippen LogP contribution < -0.4 is 10.2 Å². The van der Waals surface area contributed by atoms with Gasteiger partial charge in [0.05, 0.1) is 28.3 Å². The van der Waals surface area contributed by atoms with Crippen molar-refractivity contribution in [3.05, 3.63) is 65.3 Å². The zero-order chi connectivity index (χ0) is 26.1. The van der Waals surface area contributed by atoms with Crippen LogP contribution in [0, 0.1) is 17.8 Å². The van der Waals surface area contributed by atoms with E-state index in [0.29, 0.717) is 24.3 Å². The Morgan fingerprint density at radius 3 is 2.74 bits per heavy atom. The Morgan fingerprint density at radius 2 is 1.95 bits per heavy atom. The zero-order valence-electron chi connectivity index (χ0n) is 22.7. The van der Waals surface area contributed by atoms with Gasteiger partial charge in [-0.1, -0.05) is 63.3 Å². The third-order valence-electron chi connectivity index (χ3n) is 10.4. The molecule has 4 aliphatic heterocycles. The Morgan fingerprint density at radius 1 is 1.16 bits per heavy atom. The van der Waals surface area contributed by atoms with Crippen LogP contribution in [0.5, 0.6) is 0 Å². The van der Waals surface area contributed by atoms with Gasteiger partial charge in [0.15, 0.2) is 5.72 Å². The van der Waals surface area contributed by atoms with Crippen LogP contribution in [0.15, 0.2) is 48.6 Å². The molecule has 2 aromatic carbocycles. The van der Waals surface area contributed by atoms with Gasteiger partial charge in [-0.3, -0.25) is 4.79 Å². The fraction of sp³-hybridized carbons (Fsp3) is 0.469. The lowest BCUT2D eigenvalue weighted by molar-refractivity contribution is -0.257. The first-order valence-corrected chi connectivity index (χ1v) is 14.1. The number of ether oxygens (including phenoxy) is 2. The molecule has 1 saturated heterocycles. The molecule has 3 aromatic rings. The average molecular weight is 510 g/mol. The number of hydrogen-bond donors (Lipinski definition) is 1. The van der Waals surface area contributed by atoms with Crippen molar-refractivity contribution in [3.63, 3.8) is 0 Å². The molecule has 5 heterocycles. The van der Waals surface area contributed by atoms with E-state index in [-0.39, 0.29) is 30.2 Å². The molecule has 1 aromatic heterocycles. The normalized spacial score (nSPS) is 33.2. The number of methoxy groups -OCH3 is 1. The number of aromatic nitrogens is 1. The summed E-state index contributed by atoms with van der Waals surface area (Å²) in [5.41, 5.74) is 5.98. The highest BCUT2D eigenvalue weighted by Gasteiger charge is 2.58. The van der Waals surface area contributed by atoms with E-state index in [1.807, 2.05) is 7.11 Å². The molecule has 7 atom stereocenters. The maximum atomic E-state index is 13.5. The summed E-state index contributed by atoms with van der Waals surface area (Å²) in [4.78, 5) is 16.0. The minimum Gasteiger partial charge on any atom is -0.376 e. The number of fused-ring (bicyclic) bond motifs is 13. The van der Waals surface area contributed by atoms with E-state index < -0.39 is 5.72 Å². The van der Waals surface area contributed by atoms with E-state index >= 15 is 0 Å². The van der Waals surface area contributed by atoms with Gasteiger partial charge in [-0.05, 0) is 42.7 Å². The fourth-order valence-corrected chi connectivity index (χ4v) is 8.53. The molecular formula is C32H35N3O3. The standard InChI is InChI=1S/C32H35N3O3/c1-16(2)17(3)20-14-24-34-22-12-8-6-10-18(22)26-27-21(15-33-31(27)36)25-19-11-7-9-13-23(19)35(29(25)28(26)34)32(4,38-24)30(20)37-5/h6-13,16-18,20,22,24,30H,14-15H2,1-5H3,(H,33,36). The molecule has 1 aliphatic carbocycles. The quantitative estimate of drug-likeness (QED) is 0.486. The van der Waals surface area contributed by atoms with Gasteiger partial charge in [-0.25, -0.2) is 0 Å². The highest BCUT2D eigenvalue weighted by molar-refractivity contribution is 6.20. The van der Waals surface area contributed by atoms with Crippen molar-refractivity contribution >= 4 is 33.4 Å². The molecule has 0 saturated carbocycles. The molecule has 0 radical (unpaired) electrons. The Kier molecular flexibility index (Phi) is 4.52. The summed E-state index contributed by atoms with van der Waals surface area (Å²) in [7, 11) is 1.85. The number of benzene rings is 2. The first kappa shape index (κ1) is 22.9. The molecule has 1 fully saturated rings. The third kappa shape index (κ3) is 2.54. The first-order valence-electron chi connectivity index (χ1n) is 14.1. The zero-order valence-corrected chi connectivity index (χ0v) is 22.7. The Balaban J connectivity index is 1.56. The predicted molar refractivity (Wildman–Crippen MR) is 149 cm³/mol. The van der Waals surface area contributed by atoms with Crippen LogP contribution in [0.25, 0.3) is 21.8 Å². The summed E-state index contributed by atoms with van der Waals surface area (Å²) in [6, 6.07) is 8.75. The van der Waals surface area contributed by atoms with Gasteiger partial charge in [0.25, 0.3) is 5.91 Å². The van der Waals surface area contributed by atoms with Crippen LogP contribution in [0.4, 0.5) is 5.69 Å². The van der Waals surface area contributed by atoms with Gasteiger partial charge in [0.2, 0.25) is 0 Å². The van der Waals surface area contributed by atoms with E-state index in [0.717, 1.165) is 23.1 Å².